The van der Waals surface area contributed by atoms with E-state index in [0.29, 0.717) is 12.8 Å². The minimum Gasteiger partial charge on any atom is -0.508 e. The van der Waals surface area contributed by atoms with Crippen LogP contribution in [0.25, 0.3) is 0 Å². The molecule has 1 heterocycles. The van der Waals surface area contributed by atoms with Gasteiger partial charge >= 0.3 is 29.8 Å². The zero-order valence-corrected chi connectivity index (χ0v) is 34.3. The summed E-state index contributed by atoms with van der Waals surface area (Å²) in [5.74, 6) is -5.27. The van der Waals surface area contributed by atoms with E-state index >= 15 is 0 Å². The fraction of sp³-hybridized carbons (Fsp3) is 0.667. The molecular weight excluding hydrogens is 776 g/mol. The lowest BCUT2D eigenvalue weighted by Gasteiger charge is -2.67. The highest BCUT2D eigenvalue weighted by Crippen LogP contribution is 2.71. The van der Waals surface area contributed by atoms with Crippen molar-refractivity contribution in [3.05, 3.63) is 41.5 Å². The first kappa shape index (κ1) is 44.1. The van der Waals surface area contributed by atoms with Crippen LogP contribution in [0.3, 0.4) is 0 Å². The molecule has 59 heavy (non-hydrogen) atoms. The number of benzene rings is 1. The van der Waals surface area contributed by atoms with Crippen molar-refractivity contribution in [2.75, 3.05) is 6.61 Å². The first-order valence-corrected chi connectivity index (χ1v) is 19.8. The Bertz CT molecular complexity index is 1890. The second-order valence-electron chi connectivity index (χ2n) is 17.1. The van der Waals surface area contributed by atoms with Gasteiger partial charge in [0.15, 0.2) is 30.4 Å². The van der Waals surface area contributed by atoms with Crippen LogP contribution >= 0.6 is 0 Å². The number of aromatic hydroxyl groups is 1. The van der Waals surface area contributed by atoms with Gasteiger partial charge in [0.05, 0.1) is 17.1 Å². The minimum absolute atomic E-state index is 0.0339. The zero-order chi connectivity index (χ0) is 43.5. The maximum atomic E-state index is 13.7. The van der Waals surface area contributed by atoms with Gasteiger partial charge in [0, 0.05) is 33.6 Å². The fourth-order valence-electron chi connectivity index (χ4n) is 10.8. The largest absolute Gasteiger partial charge is 0.508 e. The van der Waals surface area contributed by atoms with Crippen molar-refractivity contribution < 1.29 is 82.4 Å². The molecule has 13 atom stereocenters. The van der Waals surface area contributed by atoms with Crippen LogP contribution in [0.4, 0.5) is 0 Å². The van der Waals surface area contributed by atoms with E-state index in [4.69, 9.17) is 33.2 Å². The summed E-state index contributed by atoms with van der Waals surface area (Å²) in [4.78, 5) is 75.6. The number of carbonyl (C=O) groups is 6. The normalized spacial score (nSPS) is 39.9. The van der Waals surface area contributed by atoms with E-state index in [1.54, 1.807) is 0 Å². The van der Waals surface area contributed by atoms with E-state index in [1.807, 2.05) is 13.0 Å². The first-order valence-electron chi connectivity index (χ1n) is 19.8. The molecule has 324 valence electrons. The smallest absolute Gasteiger partial charge is 0.338 e. The average molecular weight is 831 g/mol. The lowest BCUT2D eigenvalue weighted by atomic mass is 9.42. The highest BCUT2D eigenvalue weighted by Gasteiger charge is 2.81. The number of ether oxygens (including phenoxy) is 7. The molecule has 17 nitrogen and oxygen atoms in total. The Hall–Kier alpha value is -4.42. The van der Waals surface area contributed by atoms with Gasteiger partial charge in [-0.2, -0.15) is 0 Å². The molecule has 4 N–H and O–H groups in total. The van der Waals surface area contributed by atoms with Crippen LogP contribution in [0.5, 0.6) is 5.75 Å². The van der Waals surface area contributed by atoms with Gasteiger partial charge in [0.2, 0.25) is 0 Å². The number of aliphatic hydroxyl groups is 3. The molecule has 0 amide bonds. The molecule has 1 aromatic carbocycles. The monoisotopic (exact) mass is 830 g/mol. The van der Waals surface area contributed by atoms with Crippen molar-refractivity contribution in [1.29, 1.82) is 0 Å². The molecule has 1 aliphatic heterocycles. The van der Waals surface area contributed by atoms with E-state index in [0.717, 1.165) is 26.3 Å². The predicted octanol–water partition coefficient (Wildman–Crippen LogP) is 2.51. The van der Waals surface area contributed by atoms with Crippen LogP contribution in [0, 0.1) is 16.7 Å². The van der Waals surface area contributed by atoms with Crippen LogP contribution in [-0.2, 0) is 57.1 Å². The lowest BCUT2D eigenvalue weighted by Crippen LogP contribution is -2.78. The Balaban J connectivity index is 1.32. The number of Topliss-reactive ketones (excluding diaryl/α,β-unsaturated/α-hetero) is 1. The molecule has 1 aromatic rings. The van der Waals surface area contributed by atoms with Crippen LogP contribution < -0.4 is 0 Å². The second-order valence-corrected chi connectivity index (χ2v) is 17.1. The molecule has 0 radical (unpaired) electrons. The van der Waals surface area contributed by atoms with E-state index in [9.17, 15) is 49.2 Å². The summed E-state index contributed by atoms with van der Waals surface area (Å²) in [6.07, 6.45) is -6.41. The van der Waals surface area contributed by atoms with Gasteiger partial charge in [-0.05, 0) is 88.5 Å². The predicted molar refractivity (Wildman–Crippen MR) is 200 cm³/mol. The van der Waals surface area contributed by atoms with Gasteiger partial charge in [0.25, 0.3) is 0 Å². The molecule has 0 spiro atoms. The van der Waals surface area contributed by atoms with E-state index in [2.05, 4.69) is 0 Å². The third kappa shape index (κ3) is 7.42. The van der Waals surface area contributed by atoms with E-state index in [-0.39, 0.29) is 43.4 Å². The molecule has 0 bridgehead atoms. The summed E-state index contributed by atoms with van der Waals surface area (Å²) in [7, 11) is 0. The van der Waals surface area contributed by atoms with Crippen molar-refractivity contribution >= 4 is 35.6 Å². The van der Waals surface area contributed by atoms with Crippen LogP contribution in [-0.4, -0.2) is 122 Å². The Labute approximate surface area is 341 Å². The Morgan fingerprint density at radius 1 is 0.780 bits per heavy atom. The van der Waals surface area contributed by atoms with Crippen molar-refractivity contribution in [2.24, 2.45) is 16.7 Å². The standard InChI is InChI=1S/C42H54O17/c1-21(43)40(50)16-17-42(52)39(40,7)32(59-36(49)26-8-10-28(48)11-9-26)19-31-38(6)14-13-29(18-27(38)12-15-41(31,42)51)57-37-35(56-25(5)47)34(55-24(4)46)33(54-23(3)45)30(58-37)20-53-22(2)44/h8-12,29-35,37,48,50-52H,13-20H2,1-7H3/t29-,30+,31+,32+,33-,34-,35+,37+,38-,39+,40+,41-,42+/m0/s1. The van der Waals surface area contributed by atoms with Crippen LogP contribution in [0.1, 0.15) is 104 Å². The lowest BCUT2D eigenvalue weighted by molar-refractivity contribution is -0.322. The first-order chi connectivity index (χ1) is 27.5. The maximum absolute atomic E-state index is 13.7. The van der Waals surface area contributed by atoms with Crippen LogP contribution in [0.2, 0.25) is 0 Å². The van der Waals surface area contributed by atoms with Crippen molar-refractivity contribution in [3.8, 4) is 5.75 Å². The Morgan fingerprint density at radius 2 is 1.39 bits per heavy atom. The zero-order valence-electron chi connectivity index (χ0n) is 34.3. The van der Waals surface area contributed by atoms with Gasteiger partial charge in [-0.1, -0.05) is 18.6 Å². The quantitative estimate of drug-likeness (QED) is 0.150. The van der Waals surface area contributed by atoms with Gasteiger partial charge in [-0.15, -0.1) is 0 Å². The molecule has 4 aliphatic carbocycles. The molecular formula is C42H54O17. The molecule has 17 heteroatoms. The highest BCUT2D eigenvalue weighted by molar-refractivity contribution is 5.90. The number of phenols is 1. The van der Waals surface area contributed by atoms with Crippen molar-refractivity contribution in [2.45, 2.75) is 153 Å². The number of rotatable bonds is 10. The molecule has 4 fully saturated rings. The van der Waals surface area contributed by atoms with E-state index in [1.165, 1.54) is 45.0 Å². The van der Waals surface area contributed by atoms with E-state index < -0.39 is 119 Å². The summed E-state index contributed by atoms with van der Waals surface area (Å²) in [6.45, 7) is 8.76. The number of fused-ring (bicyclic) bond motifs is 5. The Morgan fingerprint density at radius 3 is 1.98 bits per heavy atom. The number of hydrogen-bond acceptors (Lipinski definition) is 17. The molecule has 3 saturated carbocycles. The highest BCUT2D eigenvalue weighted by atomic mass is 16.7. The minimum atomic E-state index is -2.15. The second kappa shape index (κ2) is 15.9. The third-order valence-corrected chi connectivity index (χ3v) is 13.8. The molecule has 5 aliphatic rings. The average Bonchev–Trinajstić information content (AvgIpc) is 3.38. The number of hydrogen-bond donors (Lipinski definition) is 4. The van der Waals surface area contributed by atoms with Crippen molar-refractivity contribution in [3.63, 3.8) is 0 Å². The van der Waals surface area contributed by atoms with Crippen molar-refractivity contribution in [1.82, 2.24) is 0 Å². The Kier molecular flexibility index (Phi) is 11.9. The van der Waals surface area contributed by atoms with Gasteiger partial charge < -0.3 is 53.6 Å². The summed E-state index contributed by atoms with van der Waals surface area (Å²) < 4.78 is 40.7. The number of phenolic OH excluding ortho intramolecular Hbond substituents is 1. The molecule has 1 saturated heterocycles. The molecule has 0 aromatic heterocycles. The number of carbonyl (C=O) groups excluding carboxylic acids is 6. The number of esters is 5. The summed E-state index contributed by atoms with van der Waals surface area (Å²) >= 11 is 0. The summed E-state index contributed by atoms with van der Waals surface area (Å²) in [6, 6.07) is 5.37. The molecule has 6 rings (SSSR count). The van der Waals surface area contributed by atoms with Gasteiger partial charge in [-0.25, -0.2) is 4.79 Å². The van der Waals surface area contributed by atoms with Gasteiger partial charge in [-0.3, -0.25) is 24.0 Å². The van der Waals surface area contributed by atoms with Crippen LogP contribution in [0.15, 0.2) is 35.9 Å². The summed E-state index contributed by atoms with van der Waals surface area (Å²) in [5, 5.41) is 47.6. The maximum Gasteiger partial charge on any atom is 0.338 e. The fourth-order valence-corrected chi connectivity index (χ4v) is 10.8. The summed E-state index contributed by atoms with van der Waals surface area (Å²) in [5.41, 5.74) is -7.87. The molecule has 0 unspecified atom stereocenters. The SMILES string of the molecule is CC(=O)OC[C@H]1O[C@@H](O[C@H]2CC[C@@]3(C)C(=CC[C@]4(O)[C@@H]3C[C@@H](OC(=O)c3ccc(O)cc3)[C@@]3(C)[C@]4(O)CC[C@@]3(O)C(C)=O)C2)[C@H](OC(C)=O)[C@@H](OC(C)=O)[C@H]1OC(C)=O. The third-order valence-electron chi connectivity index (χ3n) is 13.8. The number of ketones is 1. The topological polar surface area (TPSA) is 248 Å². The van der Waals surface area contributed by atoms with Gasteiger partial charge in [0.1, 0.15) is 41.4 Å².